The van der Waals surface area contributed by atoms with E-state index in [9.17, 15) is 9.59 Å². The number of thiophene rings is 1. The van der Waals surface area contributed by atoms with Gasteiger partial charge in [-0.2, -0.15) is 0 Å². The molecule has 0 bridgehead atoms. The summed E-state index contributed by atoms with van der Waals surface area (Å²) in [6.07, 6.45) is 4.76. The summed E-state index contributed by atoms with van der Waals surface area (Å²) >= 11 is 2.85. The Morgan fingerprint density at radius 3 is 3.19 bits per heavy atom. The van der Waals surface area contributed by atoms with Gasteiger partial charge >= 0.3 is 0 Å². The van der Waals surface area contributed by atoms with Crippen molar-refractivity contribution in [1.82, 2.24) is 15.3 Å². The Kier molecular flexibility index (Phi) is 4.12. The van der Waals surface area contributed by atoms with Gasteiger partial charge in [-0.1, -0.05) is 17.8 Å². The molecular formula is C14H15N3O2S2. The Balaban J connectivity index is 1.80. The molecule has 1 aliphatic carbocycles. The second-order valence-corrected chi connectivity index (χ2v) is 6.84. The molecule has 2 aromatic rings. The molecule has 0 unspecified atom stereocenters. The summed E-state index contributed by atoms with van der Waals surface area (Å²) < 4.78 is 0. The summed E-state index contributed by atoms with van der Waals surface area (Å²) in [6.45, 7) is 3.99. The highest BCUT2D eigenvalue weighted by Gasteiger charge is 2.21. The van der Waals surface area contributed by atoms with Gasteiger partial charge < -0.3 is 10.3 Å². The van der Waals surface area contributed by atoms with Crippen molar-refractivity contribution >= 4 is 39.2 Å². The number of hydrogen-bond acceptors (Lipinski definition) is 5. The maximum atomic E-state index is 12.2. The van der Waals surface area contributed by atoms with Gasteiger partial charge in [0, 0.05) is 11.4 Å². The zero-order valence-corrected chi connectivity index (χ0v) is 13.0. The molecule has 0 atom stereocenters. The van der Waals surface area contributed by atoms with Crippen LogP contribution in [0.5, 0.6) is 0 Å². The molecule has 0 fully saturated rings. The molecule has 0 spiro atoms. The summed E-state index contributed by atoms with van der Waals surface area (Å²) in [4.78, 5) is 33.1. The highest BCUT2D eigenvalue weighted by Crippen LogP contribution is 2.34. The fraction of sp³-hybridized carbons (Fsp3) is 0.357. The Bertz CT molecular complexity index is 763. The number of carbonyl (C=O) groups excluding carboxylic acids is 1. The predicted octanol–water partition coefficient (Wildman–Crippen LogP) is 1.87. The molecule has 0 saturated carbocycles. The van der Waals surface area contributed by atoms with Gasteiger partial charge in [-0.3, -0.25) is 9.59 Å². The zero-order valence-electron chi connectivity index (χ0n) is 11.4. The number of aromatic amines is 1. The number of nitrogens with zero attached hydrogens (tertiary/aromatic N) is 1. The van der Waals surface area contributed by atoms with Crippen LogP contribution in [0.25, 0.3) is 10.2 Å². The van der Waals surface area contributed by atoms with Gasteiger partial charge in [0.05, 0.1) is 11.1 Å². The maximum absolute atomic E-state index is 12.2. The van der Waals surface area contributed by atoms with Crippen molar-refractivity contribution in [2.24, 2.45) is 0 Å². The van der Waals surface area contributed by atoms with Gasteiger partial charge in [-0.25, -0.2) is 4.98 Å². The zero-order chi connectivity index (χ0) is 14.8. The fourth-order valence-corrected chi connectivity index (χ4v) is 4.43. The number of rotatable bonds is 5. The molecule has 21 heavy (non-hydrogen) atoms. The number of amides is 1. The van der Waals surface area contributed by atoms with Gasteiger partial charge in [-0.05, 0) is 24.8 Å². The standard InChI is InChI=1S/C14H15N3O2S2/c1-2-6-15-10(18)7-20-14-16-12(19)11-8-4-3-5-9(8)21-13(11)17-14/h2H,1,3-7H2,(H,15,18)(H,16,17,19). The first-order valence-corrected chi connectivity index (χ1v) is 8.54. The van der Waals surface area contributed by atoms with Crippen molar-refractivity contribution in [3.8, 4) is 0 Å². The van der Waals surface area contributed by atoms with Gasteiger partial charge in [0.2, 0.25) is 5.91 Å². The van der Waals surface area contributed by atoms with Crippen molar-refractivity contribution in [3.63, 3.8) is 0 Å². The number of nitrogens with one attached hydrogen (secondary N) is 2. The van der Waals surface area contributed by atoms with Crippen LogP contribution in [0.4, 0.5) is 0 Å². The molecule has 2 N–H and O–H groups in total. The van der Waals surface area contributed by atoms with E-state index in [1.165, 1.54) is 22.2 Å². The third-order valence-corrected chi connectivity index (χ3v) is 5.40. The maximum Gasteiger partial charge on any atom is 0.260 e. The van der Waals surface area contributed by atoms with E-state index in [4.69, 9.17) is 0 Å². The number of H-pyrrole nitrogens is 1. The van der Waals surface area contributed by atoms with E-state index in [0.717, 1.165) is 29.5 Å². The van der Waals surface area contributed by atoms with E-state index in [0.29, 0.717) is 11.7 Å². The van der Waals surface area contributed by atoms with Crippen LogP contribution in [0.3, 0.4) is 0 Å². The molecule has 7 heteroatoms. The van der Waals surface area contributed by atoms with Gasteiger partial charge in [0.1, 0.15) is 4.83 Å². The van der Waals surface area contributed by atoms with E-state index in [1.54, 1.807) is 17.4 Å². The molecule has 0 aromatic carbocycles. The minimum Gasteiger partial charge on any atom is -0.352 e. The second-order valence-electron chi connectivity index (χ2n) is 4.79. The SMILES string of the molecule is C=CCNC(=O)CSc1nc2sc3c(c2c(=O)[nH]1)CCC3. The quantitative estimate of drug-likeness (QED) is 0.501. The monoisotopic (exact) mass is 321 g/mol. The topological polar surface area (TPSA) is 74.8 Å². The van der Waals surface area contributed by atoms with E-state index in [-0.39, 0.29) is 17.2 Å². The van der Waals surface area contributed by atoms with Crippen molar-refractivity contribution in [1.29, 1.82) is 0 Å². The first-order chi connectivity index (χ1) is 10.2. The molecule has 3 rings (SSSR count). The molecule has 0 aliphatic heterocycles. The molecule has 5 nitrogen and oxygen atoms in total. The Hall–Kier alpha value is -1.60. The molecule has 0 saturated heterocycles. The molecular weight excluding hydrogens is 306 g/mol. The van der Waals surface area contributed by atoms with Crippen LogP contribution in [-0.2, 0) is 17.6 Å². The van der Waals surface area contributed by atoms with Crippen LogP contribution in [0, 0.1) is 0 Å². The lowest BCUT2D eigenvalue weighted by Crippen LogP contribution is -2.25. The fourth-order valence-electron chi connectivity index (χ4n) is 2.42. The van der Waals surface area contributed by atoms with Crippen LogP contribution >= 0.6 is 23.1 Å². The smallest absolute Gasteiger partial charge is 0.260 e. The Labute approximate surface area is 129 Å². The molecule has 1 aliphatic rings. The molecule has 110 valence electrons. The van der Waals surface area contributed by atoms with Crippen molar-refractivity contribution in [2.75, 3.05) is 12.3 Å². The average molecular weight is 321 g/mol. The largest absolute Gasteiger partial charge is 0.352 e. The van der Waals surface area contributed by atoms with E-state index in [2.05, 4.69) is 21.9 Å². The predicted molar refractivity (Wildman–Crippen MR) is 86.2 cm³/mol. The van der Waals surface area contributed by atoms with Gasteiger partial charge in [0.15, 0.2) is 5.16 Å². The third kappa shape index (κ3) is 2.89. The minimum atomic E-state index is -0.101. The van der Waals surface area contributed by atoms with Crippen LogP contribution in [0.2, 0.25) is 0 Å². The number of aromatic nitrogens is 2. The summed E-state index contributed by atoms with van der Waals surface area (Å²) in [5.41, 5.74) is 1.08. The van der Waals surface area contributed by atoms with E-state index in [1.807, 2.05) is 0 Å². The van der Waals surface area contributed by atoms with Crippen LogP contribution < -0.4 is 10.9 Å². The normalized spacial score (nSPS) is 13.3. The van der Waals surface area contributed by atoms with E-state index >= 15 is 0 Å². The lowest BCUT2D eigenvalue weighted by molar-refractivity contribution is -0.118. The molecule has 2 heterocycles. The summed E-state index contributed by atoms with van der Waals surface area (Å²) in [7, 11) is 0. The lowest BCUT2D eigenvalue weighted by atomic mass is 10.2. The average Bonchev–Trinajstić information content (AvgIpc) is 3.02. The van der Waals surface area contributed by atoms with Crippen molar-refractivity contribution < 1.29 is 4.79 Å². The molecule has 1 amide bonds. The lowest BCUT2D eigenvalue weighted by Gasteiger charge is -2.02. The molecule has 2 aromatic heterocycles. The number of aryl methyl sites for hydroxylation is 2. The summed E-state index contributed by atoms with van der Waals surface area (Å²) in [6, 6.07) is 0. The van der Waals surface area contributed by atoms with Crippen LogP contribution in [-0.4, -0.2) is 28.2 Å². The minimum absolute atomic E-state index is 0.0894. The Morgan fingerprint density at radius 1 is 1.52 bits per heavy atom. The number of thioether (sulfide) groups is 1. The summed E-state index contributed by atoms with van der Waals surface area (Å²) in [5, 5.41) is 3.94. The van der Waals surface area contributed by atoms with Crippen LogP contribution in [0.1, 0.15) is 16.9 Å². The number of hydrogen-bond donors (Lipinski definition) is 2. The number of fused-ring (bicyclic) bond motifs is 3. The number of carbonyl (C=O) groups is 1. The van der Waals surface area contributed by atoms with Crippen molar-refractivity contribution in [2.45, 2.75) is 24.4 Å². The molecule has 0 radical (unpaired) electrons. The second kappa shape index (κ2) is 6.03. The van der Waals surface area contributed by atoms with Gasteiger partial charge in [0.25, 0.3) is 5.56 Å². The first-order valence-electron chi connectivity index (χ1n) is 6.74. The van der Waals surface area contributed by atoms with Gasteiger partial charge in [-0.15, -0.1) is 17.9 Å². The summed E-state index contributed by atoms with van der Waals surface area (Å²) in [5.74, 6) is 0.129. The Morgan fingerprint density at radius 2 is 2.38 bits per heavy atom. The first kappa shape index (κ1) is 14.3. The highest BCUT2D eigenvalue weighted by atomic mass is 32.2. The van der Waals surface area contributed by atoms with E-state index < -0.39 is 0 Å². The third-order valence-electron chi connectivity index (χ3n) is 3.34. The van der Waals surface area contributed by atoms with Crippen LogP contribution in [0.15, 0.2) is 22.6 Å². The van der Waals surface area contributed by atoms with Crippen molar-refractivity contribution in [3.05, 3.63) is 33.4 Å². The highest BCUT2D eigenvalue weighted by molar-refractivity contribution is 7.99.